The molecule has 10 heavy (non-hydrogen) atoms. The first-order valence-corrected chi connectivity index (χ1v) is 4.36. The quantitative estimate of drug-likeness (QED) is 0.540. The minimum absolute atomic E-state index is 0.865. The van der Waals surface area contributed by atoms with Crippen molar-refractivity contribution in [1.82, 2.24) is 4.90 Å². The Hall–Kier alpha value is -0.0400. The fourth-order valence-electron chi connectivity index (χ4n) is 1.87. The lowest BCUT2D eigenvalue weighted by Gasteiger charge is -2.31. The first kappa shape index (κ1) is 8.06. The fraction of sp³-hybridized carbons (Fsp3) is 1.00. The Kier molecular flexibility index (Phi) is 2.72. The van der Waals surface area contributed by atoms with Crippen molar-refractivity contribution in [2.75, 3.05) is 14.1 Å². The maximum absolute atomic E-state index is 2.37. The third kappa shape index (κ3) is 1.98. The second-order valence-electron chi connectivity index (χ2n) is 3.89. The summed E-state index contributed by atoms with van der Waals surface area (Å²) in [6, 6.07) is 0.865. The van der Waals surface area contributed by atoms with Crippen LogP contribution in [-0.4, -0.2) is 25.0 Å². The van der Waals surface area contributed by atoms with Crippen LogP contribution in [-0.2, 0) is 0 Å². The van der Waals surface area contributed by atoms with E-state index in [0.717, 1.165) is 12.0 Å². The number of nitrogens with zero attached hydrogens (tertiary/aromatic N) is 1. The molecule has 1 rings (SSSR count). The molecular weight excluding hydrogens is 122 g/mol. The Balaban J connectivity index is 2.32. The summed E-state index contributed by atoms with van der Waals surface area (Å²) < 4.78 is 0. The predicted octanol–water partition coefficient (Wildman–Crippen LogP) is 2.13. The topological polar surface area (TPSA) is 3.24 Å². The molecule has 1 saturated carbocycles. The molecule has 2 atom stereocenters. The second kappa shape index (κ2) is 3.38. The van der Waals surface area contributed by atoms with E-state index in [0.29, 0.717) is 0 Å². The molecule has 1 aliphatic carbocycles. The van der Waals surface area contributed by atoms with Gasteiger partial charge in [0.25, 0.3) is 0 Å². The van der Waals surface area contributed by atoms with Crippen molar-refractivity contribution >= 4 is 0 Å². The second-order valence-corrected chi connectivity index (χ2v) is 3.89. The largest absolute Gasteiger partial charge is 0.306 e. The minimum Gasteiger partial charge on any atom is -0.306 e. The average Bonchev–Trinajstić information content (AvgIpc) is 1.88. The van der Waals surface area contributed by atoms with E-state index in [1.54, 1.807) is 0 Å². The van der Waals surface area contributed by atoms with Crippen LogP contribution in [0.25, 0.3) is 0 Å². The summed E-state index contributed by atoms with van der Waals surface area (Å²) in [6.45, 7) is 2.37. The summed E-state index contributed by atoms with van der Waals surface area (Å²) >= 11 is 0. The number of hydrogen-bond acceptors (Lipinski definition) is 1. The van der Waals surface area contributed by atoms with Crippen LogP contribution in [0, 0.1) is 5.92 Å². The van der Waals surface area contributed by atoms with Gasteiger partial charge in [0.2, 0.25) is 0 Å². The van der Waals surface area contributed by atoms with Gasteiger partial charge in [-0.3, -0.25) is 0 Å². The molecule has 0 unspecified atom stereocenters. The van der Waals surface area contributed by atoms with Gasteiger partial charge in [-0.2, -0.15) is 0 Å². The Morgan fingerprint density at radius 3 is 2.30 bits per heavy atom. The van der Waals surface area contributed by atoms with Crippen molar-refractivity contribution in [1.29, 1.82) is 0 Å². The molecule has 0 aromatic rings. The van der Waals surface area contributed by atoms with Gasteiger partial charge in [-0.15, -0.1) is 0 Å². The molecule has 1 aliphatic rings. The van der Waals surface area contributed by atoms with Crippen LogP contribution in [0.5, 0.6) is 0 Å². The highest BCUT2D eigenvalue weighted by atomic mass is 15.1. The summed E-state index contributed by atoms with van der Waals surface area (Å²) in [5, 5.41) is 0. The Bertz CT molecular complexity index is 98.9. The third-order valence-corrected chi connectivity index (χ3v) is 2.64. The molecule has 0 aromatic heterocycles. The van der Waals surface area contributed by atoms with Crippen molar-refractivity contribution in [3.63, 3.8) is 0 Å². The van der Waals surface area contributed by atoms with E-state index in [1.807, 2.05) is 0 Å². The first-order valence-electron chi connectivity index (χ1n) is 4.36. The van der Waals surface area contributed by atoms with Gasteiger partial charge in [0.05, 0.1) is 0 Å². The van der Waals surface area contributed by atoms with Crippen molar-refractivity contribution in [2.45, 2.75) is 38.6 Å². The molecule has 0 N–H and O–H groups in total. The van der Waals surface area contributed by atoms with E-state index in [4.69, 9.17) is 0 Å². The molecule has 0 aliphatic heterocycles. The molecule has 0 heterocycles. The molecule has 1 heteroatoms. The van der Waals surface area contributed by atoms with E-state index in [9.17, 15) is 0 Å². The van der Waals surface area contributed by atoms with Crippen LogP contribution in [0.15, 0.2) is 0 Å². The molecule has 0 spiro atoms. The normalized spacial score (nSPS) is 34.8. The van der Waals surface area contributed by atoms with E-state index in [1.165, 1.54) is 25.7 Å². The summed E-state index contributed by atoms with van der Waals surface area (Å²) in [5.74, 6) is 0.959. The van der Waals surface area contributed by atoms with Gasteiger partial charge < -0.3 is 4.90 Å². The average molecular weight is 141 g/mol. The van der Waals surface area contributed by atoms with E-state index < -0.39 is 0 Å². The van der Waals surface area contributed by atoms with Crippen LogP contribution in [0.3, 0.4) is 0 Å². The Morgan fingerprint density at radius 2 is 1.90 bits per heavy atom. The van der Waals surface area contributed by atoms with Crippen LogP contribution >= 0.6 is 0 Å². The Morgan fingerprint density at radius 1 is 1.20 bits per heavy atom. The van der Waals surface area contributed by atoms with Crippen molar-refractivity contribution < 1.29 is 0 Å². The molecule has 0 radical (unpaired) electrons. The zero-order valence-electron chi connectivity index (χ0n) is 7.43. The van der Waals surface area contributed by atoms with Gasteiger partial charge >= 0.3 is 0 Å². The SMILES string of the molecule is C[C@@H]1CCC[C@H](N(C)C)C1. The molecule has 1 nitrogen and oxygen atoms in total. The van der Waals surface area contributed by atoms with E-state index in [-0.39, 0.29) is 0 Å². The maximum Gasteiger partial charge on any atom is 0.00917 e. The smallest absolute Gasteiger partial charge is 0.00917 e. The van der Waals surface area contributed by atoms with E-state index >= 15 is 0 Å². The highest BCUT2D eigenvalue weighted by molar-refractivity contribution is 4.74. The van der Waals surface area contributed by atoms with Crippen LogP contribution in [0.2, 0.25) is 0 Å². The Labute approximate surface area is 64.4 Å². The lowest BCUT2D eigenvalue weighted by molar-refractivity contribution is 0.193. The monoisotopic (exact) mass is 141 g/mol. The van der Waals surface area contributed by atoms with Crippen LogP contribution in [0.4, 0.5) is 0 Å². The molecule has 60 valence electrons. The summed E-state index contributed by atoms with van der Waals surface area (Å²) in [6.07, 6.45) is 5.71. The molecule has 0 bridgehead atoms. The van der Waals surface area contributed by atoms with Gasteiger partial charge in [0.1, 0.15) is 0 Å². The van der Waals surface area contributed by atoms with Gasteiger partial charge in [-0.25, -0.2) is 0 Å². The van der Waals surface area contributed by atoms with Gasteiger partial charge in [0, 0.05) is 6.04 Å². The number of rotatable bonds is 1. The predicted molar refractivity (Wildman–Crippen MR) is 45.1 cm³/mol. The third-order valence-electron chi connectivity index (χ3n) is 2.64. The van der Waals surface area contributed by atoms with Crippen molar-refractivity contribution in [2.24, 2.45) is 5.92 Å². The summed E-state index contributed by atoms with van der Waals surface area (Å²) in [7, 11) is 4.39. The molecule has 0 amide bonds. The minimum atomic E-state index is 0.865. The standard InChI is InChI=1S/C9H19N/c1-8-5-4-6-9(7-8)10(2)3/h8-9H,4-7H2,1-3H3/t8-,9+/m1/s1. The zero-order chi connectivity index (χ0) is 7.56. The molecule has 0 saturated heterocycles. The summed E-state index contributed by atoms with van der Waals surface area (Å²) in [4.78, 5) is 2.37. The number of hydrogen-bond donors (Lipinski definition) is 0. The van der Waals surface area contributed by atoms with Crippen molar-refractivity contribution in [3.05, 3.63) is 0 Å². The van der Waals surface area contributed by atoms with Crippen LogP contribution in [0.1, 0.15) is 32.6 Å². The highest BCUT2D eigenvalue weighted by Gasteiger charge is 2.19. The molecule has 1 fully saturated rings. The van der Waals surface area contributed by atoms with Gasteiger partial charge in [0.15, 0.2) is 0 Å². The van der Waals surface area contributed by atoms with Gasteiger partial charge in [-0.1, -0.05) is 19.8 Å². The summed E-state index contributed by atoms with van der Waals surface area (Å²) in [5.41, 5.74) is 0. The first-order chi connectivity index (χ1) is 4.70. The van der Waals surface area contributed by atoms with Crippen LogP contribution < -0.4 is 0 Å². The fourth-order valence-corrected chi connectivity index (χ4v) is 1.87. The molecule has 0 aromatic carbocycles. The lowest BCUT2D eigenvalue weighted by Crippen LogP contribution is -2.32. The van der Waals surface area contributed by atoms with Crippen molar-refractivity contribution in [3.8, 4) is 0 Å². The molecular formula is C9H19N. The maximum atomic E-state index is 2.37. The van der Waals surface area contributed by atoms with Gasteiger partial charge in [-0.05, 0) is 32.9 Å². The zero-order valence-corrected chi connectivity index (χ0v) is 7.43. The highest BCUT2D eigenvalue weighted by Crippen LogP contribution is 2.25. The lowest BCUT2D eigenvalue weighted by atomic mass is 9.87. The van der Waals surface area contributed by atoms with E-state index in [2.05, 4.69) is 25.9 Å².